The van der Waals surface area contributed by atoms with Crippen LogP contribution in [-0.2, 0) is 11.2 Å². The third-order valence-electron chi connectivity index (χ3n) is 2.25. The number of thioether (sulfide) groups is 1. The molecule has 1 aromatic rings. The van der Waals surface area contributed by atoms with Crippen molar-refractivity contribution in [3.05, 3.63) is 29.8 Å². The molecule has 0 aliphatic rings. The van der Waals surface area contributed by atoms with Crippen LogP contribution in [0.2, 0.25) is 0 Å². The van der Waals surface area contributed by atoms with Crippen LogP contribution in [0.4, 0.5) is 0 Å². The second-order valence-corrected chi connectivity index (χ2v) is 4.61. The summed E-state index contributed by atoms with van der Waals surface area (Å²) in [4.78, 5) is 11.4. The zero-order valence-corrected chi connectivity index (χ0v) is 10.0. The quantitative estimate of drug-likeness (QED) is 0.591. The van der Waals surface area contributed by atoms with Crippen LogP contribution >= 0.6 is 11.8 Å². The number of carbonyl (C=O) groups excluding carboxylic acids is 1. The summed E-state index contributed by atoms with van der Waals surface area (Å²) in [5.41, 5.74) is 1.31. The number of aldehydes is 1. The van der Waals surface area contributed by atoms with Crippen LogP contribution in [0.5, 0.6) is 0 Å². The average molecular weight is 223 g/mol. The highest BCUT2D eigenvalue weighted by Crippen LogP contribution is 2.18. The highest BCUT2D eigenvalue weighted by atomic mass is 32.2. The molecule has 15 heavy (non-hydrogen) atoms. The summed E-state index contributed by atoms with van der Waals surface area (Å²) in [5, 5.41) is 3.21. The zero-order chi connectivity index (χ0) is 11.1. The fraction of sp³-hybridized carbons (Fsp3) is 0.417. The van der Waals surface area contributed by atoms with E-state index >= 15 is 0 Å². The summed E-state index contributed by atoms with van der Waals surface area (Å²) in [6.07, 6.45) is 1.96. The molecule has 0 aliphatic heterocycles. The number of rotatable bonds is 6. The van der Waals surface area contributed by atoms with Crippen LogP contribution in [0, 0.1) is 0 Å². The number of hydrogen-bond donors (Lipinski definition) is 1. The van der Waals surface area contributed by atoms with Crippen LogP contribution in [-0.4, -0.2) is 25.1 Å². The van der Waals surface area contributed by atoms with Crippen LogP contribution < -0.4 is 5.32 Å². The first-order valence-electron chi connectivity index (χ1n) is 5.09. The molecule has 1 aromatic carbocycles. The largest absolute Gasteiger partial charge is 0.317 e. The Morgan fingerprint density at radius 1 is 1.53 bits per heavy atom. The van der Waals surface area contributed by atoms with E-state index in [1.54, 1.807) is 11.8 Å². The number of nitrogens with one attached hydrogen (secondary N) is 1. The molecular weight excluding hydrogens is 206 g/mol. The zero-order valence-electron chi connectivity index (χ0n) is 9.19. The molecule has 0 radical (unpaired) electrons. The summed E-state index contributed by atoms with van der Waals surface area (Å²) in [6.45, 7) is 2.16. The van der Waals surface area contributed by atoms with E-state index in [-0.39, 0.29) is 0 Å². The standard InChI is InChI=1S/C12H17NOS/c1-10(13-2)8-11-4-3-5-12(9-11)15-7-6-14/h3-6,9-10,13H,7-8H2,1-2H3. The lowest BCUT2D eigenvalue weighted by molar-refractivity contribution is -0.105. The van der Waals surface area contributed by atoms with Gasteiger partial charge in [0.1, 0.15) is 6.29 Å². The lowest BCUT2D eigenvalue weighted by Gasteiger charge is -2.10. The van der Waals surface area contributed by atoms with Gasteiger partial charge in [0, 0.05) is 10.9 Å². The molecule has 82 valence electrons. The lowest BCUT2D eigenvalue weighted by atomic mass is 10.1. The molecule has 1 rings (SSSR count). The van der Waals surface area contributed by atoms with Gasteiger partial charge in [0.25, 0.3) is 0 Å². The van der Waals surface area contributed by atoms with Gasteiger partial charge in [-0.25, -0.2) is 0 Å². The van der Waals surface area contributed by atoms with Crippen molar-refractivity contribution in [3.63, 3.8) is 0 Å². The van der Waals surface area contributed by atoms with Gasteiger partial charge in [-0.15, -0.1) is 11.8 Å². The highest BCUT2D eigenvalue weighted by Gasteiger charge is 2.01. The Morgan fingerprint density at radius 3 is 3.00 bits per heavy atom. The summed E-state index contributed by atoms with van der Waals surface area (Å²) in [7, 11) is 1.97. The Labute approximate surface area is 95.5 Å². The maximum absolute atomic E-state index is 10.3. The van der Waals surface area contributed by atoms with Gasteiger partial charge in [-0.2, -0.15) is 0 Å². The van der Waals surface area contributed by atoms with Gasteiger partial charge in [-0.3, -0.25) is 0 Å². The van der Waals surface area contributed by atoms with Gasteiger partial charge in [-0.1, -0.05) is 12.1 Å². The van der Waals surface area contributed by atoms with Gasteiger partial charge in [0.2, 0.25) is 0 Å². The van der Waals surface area contributed by atoms with Crippen LogP contribution in [0.25, 0.3) is 0 Å². The second-order valence-electron chi connectivity index (χ2n) is 3.52. The first-order chi connectivity index (χ1) is 7.26. The van der Waals surface area contributed by atoms with E-state index in [4.69, 9.17) is 0 Å². The monoisotopic (exact) mass is 223 g/mol. The van der Waals surface area contributed by atoms with E-state index in [9.17, 15) is 4.79 Å². The maximum atomic E-state index is 10.3. The summed E-state index contributed by atoms with van der Waals surface area (Å²) in [5.74, 6) is 0.533. The van der Waals surface area contributed by atoms with Crippen molar-refractivity contribution < 1.29 is 4.79 Å². The van der Waals surface area contributed by atoms with Crippen molar-refractivity contribution >= 4 is 18.0 Å². The minimum atomic E-state index is 0.483. The number of hydrogen-bond acceptors (Lipinski definition) is 3. The van der Waals surface area contributed by atoms with Crippen molar-refractivity contribution in [1.29, 1.82) is 0 Å². The maximum Gasteiger partial charge on any atom is 0.130 e. The van der Waals surface area contributed by atoms with Crippen LogP contribution in [0.1, 0.15) is 12.5 Å². The molecular formula is C12H17NOS. The van der Waals surface area contributed by atoms with Crippen LogP contribution in [0.3, 0.4) is 0 Å². The van der Waals surface area contributed by atoms with Gasteiger partial charge in [-0.05, 0) is 38.1 Å². The first kappa shape index (κ1) is 12.3. The molecule has 0 saturated heterocycles. The Bertz CT molecular complexity index is 314. The van der Waals surface area contributed by atoms with E-state index in [2.05, 4.69) is 24.4 Å². The second kappa shape index (κ2) is 6.64. The topological polar surface area (TPSA) is 29.1 Å². The van der Waals surface area contributed by atoms with Gasteiger partial charge >= 0.3 is 0 Å². The summed E-state index contributed by atoms with van der Waals surface area (Å²) < 4.78 is 0. The molecule has 0 amide bonds. The predicted octanol–water partition coefficient (Wildman–Crippen LogP) is 2.13. The molecule has 0 bridgehead atoms. The minimum absolute atomic E-state index is 0.483. The fourth-order valence-electron chi connectivity index (χ4n) is 1.35. The van der Waals surface area contributed by atoms with E-state index in [1.807, 2.05) is 19.2 Å². The predicted molar refractivity (Wildman–Crippen MR) is 65.5 cm³/mol. The summed E-state index contributed by atoms with van der Waals surface area (Å²) in [6, 6.07) is 8.85. The SMILES string of the molecule is CNC(C)Cc1cccc(SCC=O)c1. The molecule has 1 unspecified atom stereocenters. The molecule has 1 N–H and O–H groups in total. The molecule has 3 heteroatoms. The Balaban J connectivity index is 2.61. The number of carbonyl (C=O) groups is 1. The lowest BCUT2D eigenvalue weighted by Crippen LogP contribution is -2.23. The highest BCUT2D eigenvalue weighted by molar-refractivity contribution is 7.99. The number of likely N-dealkylation sites (N-methyl/N-ethyl adjacent to an activating group) is 1. The van der Waals surface area contributed by atoms with Crippen molar-refractivity contribution in [2.75, 3.05) is 12.8 Å². The molecule has 0 spiro atoms. The van der Waals surface area contributed by atoms with Crippen molar-refractivity contribution in [2.24, 2.45) is 0 Å². The Kier molecular flexibility index (Phi) is 5.43. The van der Waals surface area contributed by atoms with E-state index in [0.717, 1.165) is 12.7 Å². The molecule has 0 fully saturated rings. The molecule has 2 nitrogen and oxygen atoms in total. The van der Waals surface area contributed by atoms with E-state index < -0.39 is 0 Å². The van der Waals surface area contributed by atoms with E-state index in [0.29, 0.717) is 11.8 Å². The minimum Gasteiger partial charge on any atom is -0.317 e. The Hall–Kier alpha value is -0.800. The summed E-state index contributed by atoms with van der Waals surface area (Å²) >= 11 is 1.58. The fourth-order valence-corrected chi connectivity index (χ4v) is 2.02. The molecule has 0 heterocycles. The normalized spacial score (nSPS) is 12.4. The average Bonchev–Trinajstić information content (AvgIpc) is 2.26. The van der Waals surface area contributed by atoms with Crippen molar-refractivity contribution in [2.45, 2.75) is 24.3 Å². The number of benzene rings is 1. The van der Waals surface area contributed by atoms with Gasteiger partial charge in [0.05, 0.1) is 5.75 Å². The smallest absolute Gasteiger partial charge is 0.130 e. The van der Waals surface area contributed by atoms with Crippen molar-refractivity contribution in [3.8, 4) is 0 Å². The third-order valence-corrected chi connectivity index (χ3v) is 3.14. The Morgan fingerprint density at radius 2 is 2.33 bits per heavy atom. The molecule has 0 saturated carbocycles. The van der Waals surface area contributed by atoms with Gasteiger partial charge in [0.15, 0.2) is 0 Å². The molecule has 0 aromatic heterocycles. The van der Waals surface area contributed by atoms with Crippen molar-refractivity contribution in [1.82, 2.24) is 5.32 Å². The molecule has 0 aliphatic carbocycles. The third kappa shape index (κ3) is 4.49. The van der Waals surface area contributed by atoms with Gasteiger partial charge < -0.3 is 10.1 Å². The van der Waals surface area contributed by atoms with E-state index in [1.165, 1.54) is 10.5 Å². The first-order valence-corrected chi connectivity index (χ1v) is 6.07. The molecule has 1 atom stereocenters. The van der Waals surface area contributed by atoms with Crippen LogP contribution in [0.15, 0.2) is 29.2 Å².